The molecule has 0 spiro atoms. The first-order chi connectivity index (χ1) is 7.17. The van der Waals surface area contributed by atoms with Crippen LogP contribution in [-0.2, 0) is 0 Å². The number of nitrogens with zero attached hydrogens (tertiary/aromatic N) is 1. The summed E-state index contributed by atoms with van der Waals surface area (Å²) in [5.74, 6) is -0.313. The number of phenols is 1. The number of hydrogen-bond acceptors (Lipinski definition) is 3. The van der Waals surface area contributed by atoms with Crippen LogP contribution in [0.1, 0.15) is 23.7 Å². The molecule has 4 nitrogen and oxygen atoms in total. The van der Waals surface area contributed by atoms with E-state index in [1.807, 2.05) is 13.0 Å². The summed E-state index contributed by atoms with van der Waals surface area (Å²) in [4.78, 5) is 11.6. The second-order valence-corrected chi connectivity index (χ2v) is 3.11. The maximum Gasteiger partial charge on any atom is 0.252 e. The summed E-state index contributed by atoms with van der Waals surface area (Å²) < 4.78 is 0. The van der Waals surface area contributed by atoms with E-state index < -0.39 is 6.04 Å². The lowest BCUT2D eigenvalue weighted by atomic mass is 10.1. The monoisotopic (exact) mass is 204 g/mol. The van der Waals surface area contributed by atoms with E-state index in [0.717, 1.165) is 0 Å². The lowest BCUT2D eigenvalue weighted by molar-refractivity contribution is 0.0944. The van der Waals surface area contributed by atoms with Gasteiger partial charge in [-0.2, -0.15) is 5.26 Å². The Balaban J connectivity index is 2.74. The molecule has 0 saturated heterocycles. The molecule has 0 radical (unpaired) electrons. The van der Waals surface area contributed by atoms with Crippen LogP contribution in [0.5, 0.6) is 5.75 Å². The number of benzene rings is 1. The summed E-state index contributed by atoms with van der Waals surface area (Å²) in [6.07, 6.45) is 0.557. The molecule has 1 amide bonds. The molecule has 0 heterocycles. The molecule has 1 unspecified atom stereocenters. The van der Waals surface area contributed by atoms with Crippen LogP contribution < -0.4 is 5.32 Å². The van der Waals surface area contributed by atoms with E-state index in [2.05, 4.69) is 5.32 Å². The maximum absolute atomic E-state index is 11.6. The van der Waals surface area contributed by atoms with Gasteiger partial charge in [-0.15, -0.1) is 0 Å². The van der Waals surface area contributed by atoms with E-state index in [-0.39, 0.29) is 11.7 Å². The van der Waals surface area contributed by atoms with Crippen LogP contribution >= 0.6 is 0 Å². The Hall–Kier alpha value is -2.02. The summed E-state index contributed by atoms with van der Waals surface area (Å²) in [6, 6.07) is 7.49. The van der Waals surface area contributed by atoms with Gasteiger partial charge in [-0.3, -0.25) is 4.79 Å². The minimum atomic E-state index is -0.486. The molecule has 1 aromatic carbocycles. The molecule has 0 aromatic heterocycles. The molecular weight excluding hydrogens is 192 g/mol. The van der Waals surface area contributed by atoms with Crippen molar-refractivity contribution in [3.63, 3.8) is 0 Å². The minimum absolute atomic E-state index is 0.0349. The molecule has 0 fully saturated rings. The molecule has 1 atom stereocenters. The summed E-state index contributed by atoms with van der Waals surface area (Å²) in [5, 5.41) is 20.4. The van der Waals surface area contributed by atoms with Gasteiger partial charge in [0.2, 0.25) is 0 Å². The van der Waals surface area contributed by atoms with Gasteiger partial charge in [-0.25, -0.2) is 0 Å². The first kappa shape index (κ1) is 11.1. The third-order valence-electron chi connectivity index (χ3n) is 1.98. The minimum Gasteiger partial charge on any atom is -0.508 e. The lowest BCUT2D eigenvalue weighted by Crippen LogP contribution is -2.33. The van der Waals surface area contributed by atoms with Crippen molar-refractivity contribution in [2.24, 2.45) is 0 Å². The molecule has 15 heavy (non-hydrogen) atoms. The number of nitriles is 1. The normalized spacial score (nSPS) is 11.5. The summed E-state index contributed by atoms with van der Waals surface area (Å²) in [5.41, 5.74) is 0.351. The molecule has 1 rings (SSSR count). The predicted octanol–water partition coefficient (Wildman–Crippen LogP) is 1.42. The van der Waals surface area contributed by atoms with Crippen molar-refractivity contribution in [2.45, 2.75) is 19.4 Å². The highest BCUT2D eigenvalue weighted by atomic mass is 16.3. The third kappa shape index (κ3) is 2.99. The van der Waals surface area contributed by atoms with Gasteiger partial charge in [-0.1, -0.05) is 13.0 Å². The Morgan fingerprint density at radius 2 is 2.40 bits per heavy atom. The van der Waals surface area contributed by atoms with Crippen LogP contribution in [0.15, 0.2) is 24.3 Å². The van der Waals surface area contributed by atoms with Crippen molar-refractivity contribution in [1.29, 1.82) is 5.26 Å². The fourth-order valence-corrected chi connectivity index (χ4v) is 1.11. The van der Waals surface area contributed by atoms with Crippen molar-refractivity contribution in [3.8, 4) is 11.8 Å². The fraction of sp³-hybridized carbons (Fsp3) is 0.273. The Morgan fingerprint density at radius 1 is 1.67 bits per heavy atom. The highest BCUT2D eigenvalue weighted by Crippen LogP contribution is 2.10. The Morgan fingerprint density at radius 3 is 2.93 bits per heavy atom. The quantitative estimate of drug-likeness (QED) is 0.782. The zero-order chi connectivity index (χ0) is 11.3. The van der Waals surface area contributed by atoms with Crippen LogP contribution in [0.25, 0.3) is 0 Å². The molecular formula is C11H12N2O2. The fourth-order valence-electron chi connectivity index (χ4n) is 1.11. The van der Waals surface area contributed by atoms with Gasteiger partial charge in [0, 0.05) is 5.56 Å². The summed E-state index contributed by atoms with van der Waals surface area (Å²) in [6.45, 7) is 1.82. The SMILES string of the molecule is CCC(C#N)NC(=O)c1cccc(O)c1. The summed E-state index contributed by atoms with van der Waals surface area (Å²) in [7, 11) is 0. The number of carbonyl (C=O) groups excluding carboxylic acids is 1. The van der Waals surface area contributed by atoms with E-state index in [1.54, 1.807) is 12.1 Å². The Kier molecular flexibility index (Phi) is 3.69. The van der Waals surface area contributed by atoms with Gasteiger partial charge >= 0.3 is 0 Å². The van der Waals surface area contributed by atoms with Gasteiger partial charge < -0.3 is 10.4 Å². The van der Waals surface area contributed by atoms with Crippen LogP contribution in [0.3, 0.4) is 0 Å². The van der Waals surface area contributed by atoms with E-state index in [9.17, 15) is 4.79 Å². The molecule has 0 aliphatic carbocycles. The van der Waals surface area contributed by atoms with Gasteiger partial charge in [0.1, 0.15) is 11.8 Å². The van der Waals surface area contributed by atoms with Gasteiger partial charge in [0.15, 0.2) is 0 Å². The van der Waals surface area contributed by atoms with Crippen LogP contribution in [0, 0.1) is 11.3 Å². The molecule has 0 aliphatic heterocycles. The zero-order valence-electron chi connectivity index (χ0n) is 8.40. The highest BCUT2D eigenvalue weighted by Gasteiger charge is 2.11. The van der Waals surface area contributed by atoms with E-state index in [4.69, 9.17) is 10.4 Å². The number of rotatable bonds is 3. The largest absolute Gasteiger partial charge is 0.508 e. The number of nitrogens with one attached hydrogen (secondary N) is 1. The molecule has 0 bridgehead atoms. The van der Waals surface area contributed by atoms with Crippen molar-refractivity contribution in [3.05, 3.63) is 29.8 Å². The zero-order valence-corrected chi connectivity index (χ0v) is 8.40. The average Bonchev–Trinajstić information content (AvgIpc) is 2.25. The van der Waals surface area contributed by atoms with E-state index in [0.29, 0.717) is 12.0 Å². The van der Waals surface area contributed by atoms with Crippen LogP contribution in [0.2, 0.25) is 0 Å². The lowest BCUT2D eigenvalue weighted by Gasteiger charge is -2.08. The second kappa shape index (κ2) is 5.01. The smallest absolute Gasteiger partial charge is 0.252 e. The maximum atomic E-state index is 11.6. The van der Waals surface area contributed by atoms with Crippen molar-refractivity contribution in [2.75, 3.05) is 0 Å². The Labute approximate surface area is 88.2 Å². The predicted molar refractivity (Wildman–Crippen MR) is 55.3 cm³/mol. The molecule has 4 heteroatoms. The van der Waals surface area contributed by atoms with Gasteiger partial charge in [-0.05, 0) is 24.6 Å². The molecule has 78 valence electrons. The topological polar surface area (TPSA) is 73.1 Å². The number of carbonyl (C=O) groups is 1. The molecule has 2 N–H and O–H groups in total. The number of aromatic hydroxyl groups is 1. The van der Waals surface area contributed by atoms with Gasteiger partial charge in [0.25, 0.3) is 5.91 Å². The van der Waals surface area contributed by atoms with E-state index >= 15 is 0 Å². The van der Waals surface area contributed by atoms with Crippen LogP contribution in [-0.4, -0.2) is 17.1 Å². The number of amides is 1. The van der Waals surface area contributed by atoms with Gasteiger partial charge in [0.05, 0.1) is 6.07 Å². The summed E-state index contributed by atoms with van der Waals surface area (Å²) >= 11 is 0. The number of phenolic OH excluding ortho intramolecular Hbond substituents is 1. The standard InChI is InChI=1S/C11H12N2O2/c1-2-9(7-12)13-11(15)8-4-3-5-10(14)6-8/h3-6,9,14H,2H2,1H3,(H,13,15). The van der Waals surface area contributed by atoms with E-state index in [1.165, 1.54) is 12.1 Å². The van der Waals surface area contributed by atoms with Crippen molar-refractivity contribution in [1.82, 2.24) is 5.32 Å². The third-order valence-corrected chi connectivity index (χ3v) is 1.98. The van der Waals surface area contributed by atoms with Crippen molar-refractivity contribution < 1.29 is 9.90 Å². The molecule has 0 saturated carbocycles. The van der Waals surface area contributed by atoms with Crippen LogP contribution in [0.4, 0.5) is 0 Å². The highest BCUT2D eigenvalue weighted by molar-refractivity contribution is 5.94. The molecule has 1 aromatic rings. The molecule has 0 aliphatic rings. The Bertz CT molecular complexity index is 396. The number of hydrogen-bond donors (Lipinski definition) is 2. The van der Waals surface area contributed by atoms with Crippen molar-refractivity contribution >= 4 is 5.91 Å². The first-order valence-corrected chi connectivity index (χ1v) is 4.67. The second-order valence-electron chi connectivity index (χ2n) is 3.11. The average molecular weight is 204 g/mol. The first-order valence-electron chi connectivity index (χ1n) is 4.67.